The summed E-state index contributed by atoms with van der Waals surface area (Å²) in [7, 11) is 1.17. The normalized spacial score (nSPS) is 7.00. The lowest BCUT2D eigenvalue weighted by molar-refractivity contribution is -0.152. The second kappa shape index (κ2) is 2.21. The lowest BCUT2D eigenvalue weighted by Crippen LogP contribution is -2.19. The first-order valence-electron chi connectivity index (χ1n) is 1.61. The average molecular weight is 99.1 g/mol. The van der Waals surface area contributed by atoms with Crippen LogP contribution in [0.15, 0.2) is 0 Å². The summed E-state index contributed by atoms with van der Waals surface area (Å²) in [4.78, 5) is 9.95. The van der Waals surface area contributed by atoms with Crippen LogP contribution in [0.1, 0.15) is 0 Å². The largest absolute Gasteiger partial charge is 0.321 e. The molecular weight excluding hydrogens is 94.0 g/mol. The zero-order chi connectivity index (χ0) is 5.86. The molecule has 0 spiro atoms. The maximum atomic E-state index is 9.95. The Hall–Kier alpha value is -1.01. The van der Waals surface area contributed by atoms with E-state index in [1.807, 2.05) is 0 Å². The van der Waals surface area contributed by atoms with E-state index in [4.69, 9.17) is 5.21 Å². The Balaban J connectivity index is 3.64. The Kier molecular flexibility index (Phi) is 1.89. The first-order valence-corrected chi connectivity index (χ1v) is 1.61. The van der Waals surface area contributed by atoms with Crippen molar-refractivity contribution in [2.24, 2.45) is 0 Å². The Morgan fingerprint density at radius 1 is 2.00 bits per heavy atom. The summed E-state index contributed by atoms with van der Waals surface area (Å²) < 4.78 is 0. The van der Waals surface area contributed by atoms with Gasteiger partial charge in [0.1, 0.15) is 0 Å². The van der Waals surface area contributed by atoms with Crippen LogP contribution < -0.4 is 0 Å². The van der Waals surface area contributed by atoms with E-state index >= 15 is 0 Å². The Morgan fingerprint density at radius 3 is 2.43 bits per heavy atom. The maximum Gasteiger partial charge on any atom is 0.321 e. The fourth-order valence-corrected chi connectivity index (χ4v) is 0.0934. The van der Waals surface area contributed by atoms with E-state index in [-0.39, 0.29) is 0 Å². The van der Waals surface area contributed by atoms with Crippen LogP contribution in [-0.2, 0) is 4.79 Å². The first-order chi connectivity index (χ1) is 3.18. The van der Waals surface area contributed by atoms with Gasteiger partial charge in [-0.15, -0.1) is 6.42 Å². The minimum Gasteiger partial charge on any atom is -0.285 e. The predicted octanol–water partition coefficient (Wildman–Crippen LogP) is -0.533. The number of hydrogen-bond donors (Lipinski definition) is 1. The van der Waals surface area contributed by atoms with E-state index in [0.29, 0.717) is 5.06 Å². The predicted molar refractivity (Wildman–Crippen MR) is 23.4 cm³/mol. The Labute approximate surface area is 41.5 Å². The number of amides is 1. The number of terminal acetylenes is 1. The van der Waals surface area contributed by atoms with E-state index in [1.54, 1.807) is 5.92 Å². The third-order valence-corrected chi connectivity index (χ3v) is 0.417. The molecule has 1 amide bonds. The Bertz CT molecular complexity index is 111. The molecule has 3 heteroatoms. The van der Waals surface area contributed by atoms with Crippen molar-refractivity contribution in [2.45, 2.75) is 0 Å². The van der Waals surface area contributed by atoms with Gasteiger partial charge in [0.25, 0.3) is 0 Å². The molecule has 0 aromatic rings. The van der Waals surface area contributed by atoms with Crippen molar-refractivity contribution in [3.05, 3.63) is 0 Å². The van der Waals surface area contributed by atoms with Crippen molar-refractivity contribution >= 4 is 5.91 Å². The monoisotopic (exact) mass is 99.0 g/mol. The number of nitrogens with zero attached hydrogens (tertiary/aromatic N) is 1. The average Bonchev–Trinajstić information content (AvgIpc) is 1.65. The lowest BCUT2D eigenvalue weighted by Gasteiger charge is -1.98. The van der Waals surface area contributed by atoms with Gasteiger partial charge in [-0.1, -0.05) is 0 Å². The molecular formula is C4H5NO2. The smallest absolute Gasteiger partial charge is 0.285 e. The summed E-state index contributed by atoms with van der Waals surface area (Å²) in [6.07, 6.45) is 4.57. The zero-order valence-electron chi connectivity index (χ0n) is 3.88. The van der Waals surface area contributed by atoms with Gasteiger partial charge in [0.2, 0.25) is 0 Å². The number of rotatable bonds is 0. The van der Waals surface area contributed by atoms with Gasteiger partial charge in [-0.2, -0.15) is 0 Å². The fraction of sp³-hybridized carbons (Fsp3) is 0.250. The number of hydroxylamine groups is 2. The van der Waals surface area contributed by atoms with Gasteiger partial charge < -0.3 is 0 Å². The van der Waals surface area contributed by atoms with Crippen molar-refractivity contribution in [1.29, 1.82) is 0 Å². The van der Waals surface area contributed by atoms with Crippen molar-refractivity contribution in [3.8, 4) is 12.3 Å². The van der Waals surface area contributed by atoms with Crippen molar-refractivity contribution in [3.63, 3.8) is 0 Å². The van der Waals surface area contributed by atoms with E-state index < -0.39 is 5.91 Å². The highest BCUT2D eigenvalue weighted by Gasteiger charge is 1.95. The quantitative estimate of drug-likeness (QED) is 0.252. The van der Waals surface area contributed by atoms with Crippen LogP contribution in [-0.4, -0.2) is 23.2 Å². The first kappa shape index (κ1) is 5.99. The van der Waals surface area contributed by atoms with Gasteiger partial charge in [-0.05, 0) is 5.92 Å². The van der Waals surface area contributed by atoms with Crippen LogP contribution in [0.2, 0.25) is 0 Å². The summed E-state index contributed by atoms with van der Waals surface area (Å²) in [6, 6.07) is 0. The highest BCUT2D eigenvalue weighted by Crippen LogP contribution is 1.69. The van der Waals surface area contributed by atoms with Crippen LogP contribution >= 0.6 is 0 Å². The molecule has 0 heterocycles. The molecule has 0 atom stereocenters. The third kappa shape index (κ3) is 1.79. The highest BCUT2D eigenvalue weighted by atomic mass is 16.5. The zero-order valence-corrected chi connectivity index (χ0v) is 3.88. The number of hydrogen-bond acceptors (Lipinski definition) is 2. The molecule has 0 saturated carbocycles. The molecule has 38 valence electrons. The van der Waals surface area contributed by atoms with Gasteiger partial charge in [-0.3, -0.25) is 10.0 Å². The summed E-state index contributed by atoms with van der Waals surface area (Å²) >= 11 is 0. The molecule has 0 fully saturated rings. The van der Waals surface area contributed by atoms with E-state index in [2.05, 4.69) is 6.42 Å². The molecule has 0 bridgehead atoms. The molecule has 0 unspecified atom stereocenters. The van der Waals surface area contributed by atoms with Gasteiger partial charge in [0.15, 0.2) is 0 Å². The van der Waals surface area contributed by atoms with Crippen LogP contribution in [0, 0.1) is 12.3 Å². The second-order valence-electron chi connectivity index (χ2n) is 0.973. The van der Waals surface area contributed by atoms with Gasteiger partial charge in [-0.25, -0.2) is 5.06 Å². The number of carbonyl (C=O) groups excluding carboxylic acids is 1. The second-order valence-corrected chi connectivity index (χ2v) is 0.973. The topological polar surface area (TPSA) is 40.5 Å². The highest BCUT2D eigenvalue weighted by molar-refractivity contribution is 5.91. The van der Waals surface area contributed by atoms with Crippen LogP contribution in [0.4, 0.5) is 0 Å². The third-order valence-electron chi connectivity index (χ3n) is 0.417. The van der Waals surface area contributed by atoms with E-state index in [9.17, 15) is 4.79 Å². The van der Waals surface area contributed by atoms with E-state index in [1.165, 1.54) is 7.05 Å². The molecule has 3 nitrogen and oxygen atoms in total. The standard InChI is InChI=1S/C4H5NO2/c1-3-4(6)5(2)7/h1,7H,2H3. The van der Waals surface area contributed by atoms with E-state index in [0.717, 1.165) is 0 Å². The minimum atomic E-state index is -0.736. The van der Waals surface area contributed by atoms with Crippen molar-refractivity contribution in [1.82, 2.24) is 5.06 Å². The molecule has 0 rings (SSSR count). The SMILES string of the molecule is C#CC(=O)N(C)O. The maximum absolute atomic E-state index is 9.95. The number of carbonyl (C=O) groups is 1. The summed E-state index contributed by atoms with van der Waals surface area (Å²) in [5, 5.41) is 8.51. The van der Waals surface area contributed by atoms with Crippen molar-refractivity contribution in [2.75, 3.05) is 7.05 Å². The summed E-state index contributed by atoms with van der Waals surface area (Å²) in [5.74, 6) is 0.965. The lowest BCUT2D eigenvalue weighted by atomic mass is 10.6. The van der Waals surface area contributed by atoms with Crippen molar-refractivity contribution < 1.29 is 10.0 Å². The molecule has 7 heavy (non-hydrogen) atoms. The van der Waals surface area contributed by atoms with Gasteiger partial charge in [0, 0.05) is 7.05 Å². The van der Waals surface area contributed by atoms with Gasteiger partial charge in [0.05, 0.1) is 0 Å². The molecule has 0 aliphatic carbocycles. The van der Waals surface area contributed by atoms with Crippen LogP contribution in [0.25, 0.3) is 0 Å². The van der Waals surface area contributed by atoms with Crippen LogP contribution in [0.3, 0.4) is 0 Å². The molecule has 1 N–H and O–H groups in total. The van der Waals surface area contributed by atoms with Crippen LogP contribution in [0.5, 0.6) is 0 Å². The molecule has 0 radical (unpaired) electrons. The Morgan fingerprint density at radius 2 is 2.43 bits per heavy atom. The van der Waals surface area contributed by atoms with Gasteiger partial charge >= 0.3 is 5.91 Å². The molecule has 0 aromatic heterocycles. The minimum absolute atomic E-state index is 0.347. The molecule has 0 saturated heterocycles. The fourth-order valence-electron chi connectivity index (χ4n) is 0.0934. The molecule has 0 aliphatic heterocycles. The molecule has 0 aromatic carbocycles. The summed E-state index contributed by atoms with van der Waals surface area (Å²) in [5.41, 5.74) is 0. The molecule has 0 aliphatic rings. The summed E-state index contributed by atoms with van der Waals surface area (Å²) in [6.45, 7) is 0.